The number of hydrogen-bond donors (Lipinski definition) is 0. The summed E-state index contributed by atoms with van der Waals surface area (Å²) in [4.78, 5) is 11.6. The van der Waals surface area contributed by atoms with Gasteiger partial charge in [0.15, 0.2) is 5.69 Å². The van der Waals surface area contributed by atoms with Gasteiger partial charge in [-0.1, -0.05) is 25.4 Å². The summed E-state index contributed by atoms with van der Waals surface area (Å²) in [6, 6.07) is 0. The largest absolute Gasteiger partial charge is 0.461 e. The third-order valence-corrected chi connectivity index (χ3v) is 2.08. The van der Waals surface area contributed by atoms with Crippen LogP contribution in [0.2, 0.25) is 5.02 Å². The minimum atomic E-state index is -0.416. The highest BCUT2D eigenvalue weighted by Crippen LogP contribution is 2.17. The van der Waals surface area contributed by atoms with Crippen molar-refractivity contribution in [2.75, 3.05) is 6.61 Å². The van der Waals surface area contributed by atoms with Crippen LogP contribution in [0.25, 0.3) is 0 Å². The van der Waals surface area contributed by atoms with E-state index in [1.54, 1.807) is 11.6 Å². The second-order valence-electron chi connectivity index (χ2n) is 3.64. The third-order valence-electron chi connectivity index (χ3n) is 1.80. The van der Waals surface area contributed by atoms with E-state index in [1.165, 1.54) is 6.20 Å². The van der Waals surface area contributed by atoms with Gasteiger partial charge in [-0.3, -0.25) is 4.68 Å². The Morgan fingerprint density at radius 2 is 2.33 bits per heavy atom. The van der Waals surface area contributed by atoms with Gasteiger partial charge in [-0.15, -0.1) is 0 Å². The summed E-state index contributed by atoms with van der Waals surface area (Å²) in [6.07, 6.45) is 1.47. The molecular weight excluding hydrogens is 216 g/mol. The van der Waals surface area contributed by atoms with Gasteiger partial charge >= 0.3 is 5.97 Å². The van der Waals surface area contributed by atoms with Crippen molar-refractivity contribution in [1.82, 2.24) is 9.78 Å². The van der Waals surface area contributed by atoms with E-state index in [-0.39, 0.29) is 0 Å². The van der Waals surface area contributed by atoms with E-state index >= 15 is 0 Å². The number of rotatable bonds is 4. The van der Waals surface area contributed by atoms with Gasteiger partial charge < -0.3 is 4.74 Å². The lowest BCUT2D eigenvalue weighted by molar-refractivity contribution is 0.0511. The number of carbonyl (C=O) groups excluding carboxylic acids is 1. The van der Waals surface area contributed by atoms with E-state index in [9.17, 15) is 4.79 Å². The van der Waals surface area contributed by atoms with Gasteiger partial charge in [0.1, 0.15) is 0 Å². The molecule has 0 saturated heterocycles. The SMILES string of the molecule is CCOC(=O)c1c(Cl)cnn1CC(C)C. The second-order valence-corrected chi connectivity index (χ2v) is 4.04. The highest BCUT2D eigenvalue weighted by Gasteiger charge is 2.18. The summed E-state index contributed by atoms with van der Waals surface area (Å²) in [7, 11) is 0. The van der Waals surface area contributed by atoms with Gasteiger partial charge in [-0.05, 0) is 12.8 Å². The van der Waals surface area contributed by atoms with Gasteiger partial charge in [0.05, 0.1) is 17.8 Å². The summed E-state index contributed by atoms with van der Waals surface area (Å²) in [5.41, 5.74) is 0.340. The van der Waals surface area contributed by atoms with Crippen LogP contribution in [0.5, 0.6) is 0 Å². The number of ether oxygens (including phenoxy) is 1. The fourth-order valence-electron chi connectivity index (χ4n) is 1.25. The van der Waals surface area contributed by atoms with Crippen LogP contribution >= 0.6 is 11.6 Å². The molecule has 0 aliphatic heterocycles. The van der Waals surface area contributed by atoms with Crippen LogP contribution in [-0.4, -0.2) is 22.4 Å². The Morgan fingerprint density at radius 1 is 1.67 bits per heavy atom. The maximum atomic E-state index is 11.6. The predicted molar refractivity (Wildman–Crippen MR) is 58.0 cm³/mol. The van der Waals surface area contributed by atoms with E-state index in [1.807, 2.05) is 13.8 Å². The zero-order chi connectivity index (χ0) is 11.4. The Balaban J connectivity index is 2.93. The first-order chi connectivity index (χ1) is 7.06. The summed E-state index contributed by atoms with van der Waals surface area (Å²) < 4.78 is 6.49. The lowest BCUT2D eigenvalue weighted by Crippen LogP contribution is -2.16. The number of aromatic nitrogens is 2. The number of carbonyl (C=O) groups is 1. The van der Waals surface area contributed by atoms with Crippen molar-refractivity contribution >= 4 is 17.6 Å². The Hall–Kier alpha value is -1.03. The molecule has 1 heterocycles. The maximum Gasteiger partial charge on any atom is 0.358 e. The third kappa shape index (κ3) is 2.96. The summed E-state index contributed by atoms with van der Waals surface area (Å²) in [6.45, 7) is 6.84. The van der Waals surface area contributed by atoms with Crippen LogP contribution in [0, 0.1) is 5.92 Å². The Bertz CT molecular complexity index is 347. The van der Waals surface area contributed by atoms with Crippen LogP contribution in [0.1, 0.15) is 31.3 Å². The Morgan fingerprint density at radius 3 is 2.87 bits per heavy atom. The molecular formula is C10H15ClN2O2. The standard InChI is InChI=1S/C10H15ClN2O2/c1-4-15-10(14)9-8(11)5-12-13(9)6-7(2)3/h5,7H,4,6H2,1-3H3. The van der Waals surface area contributed by atoms with Gasteiger partial charge in [0, 0.05) is 6.54 Å². The number of nitrogens with zero attached hydrogens (tertiary/aromatic N) is 2. The fourth-order valence-corrected chi connectivity index (χ4v) is 1.47. The zero-order valence-electron chi connectivity index (χ0n) is 9.16. The summed E-state index contributed by atoms with van der Waals surface area (Å²) in [5.74, 6) is -0.0187. The summed E-state index contributed by atoms with van der Waals surface area (Å²) >= 11 is 5.87. The molecule has 0 aromatic carbocycles. The average Bonchev–Trinajstić information content (AvgIpc) is 2.46. The van der Waals surface area contributed by atoms with Crippen molar-refractivity contribution < 1.29 is 9.53 Å². The monoisotopic (exact) mass is 230 g/mol. The van der Waals surface area contributed by atoms with Crippen LogP contribution in [-0.2, 0) is 11.3 Å². The molecule has 0 amide bonds. The minimum Gasteiger partial charge on any atom is -0.461 e. The van der Waals surface area contributed by atoms with E-state index in [0.717, 1.165) is 0 Å². The molecule has 0 radical (unpaired) electrons. The quantitative estimate of drug-likeness (QED) is 0.746. The number of hydrogen-bond acceptors (Lipinski definition) is 3. The molecule has 4 nitrogen and oxygen atoms in total. The van der Waals surface area contributed by atoms with E-state index in [2.05, 4.69) is 5.10 Å². The molecule has 0 aliphatic rings. The molecule has 0 bridgehead atoms. The van der Waals surface area contributed by atoms with Crippen molar-refractivity contribution in [2.45, 2.75) is 27.3 Å². The lowest BCUT2D eigenvalue weighted by atomic mass is 10.2. The van der Waals surface area contributed by atoms with E-state index in [0.29, 0.717) is 29.8 Å². The average molecular weight is 231 g/mol. The topological polar surface area (TPSA) is 44.1 Å². The molecule has 0 atom stereocenters. The number of halogens is 1. The minimum absolute atomic E-state index is 0.335. The van der Waals surface area contributed by atoms with E-state index < -0.39 is 5.97 Å². The van der Waals surface area contributed by atoms with Crippen molar-refractivity contribution in [3.8, 4) is 0 Å². The molecule has 0 N–H and O–H groups in total. The van der Waals surface area contributed by atoms with Gasteiger partial charge in [-0.2, -0.15) is 5.10 Å². The van der Waals surface area contributed by atoms with Gasteiger partial charge in [-0.25, -0.2) is 4.79 Å². The first-order valence-corrected chi connectivity index (χ1v) is 5.32. The van der Waals surface area contributed by atoms with Crippen molar-refractivity contribution in [1.29, 1.82) is 0 Å². The molecule has 1 rings (SSSR count). The van der Waals surface area contributed by atoms with Crippen molar-refractivity contribution in [2.24, 2.45) is 5.92 Å². The van der Waals surface area contributed by atoms with Gasteiger partial charge in [0.25, 0.3) is 0 Å². The predicted octanol–water partition coefficient (Wildman–Crippen LogP) is 2.37. The Kier molecular flexibility index (Phi) is 4.15. The molecule has 1 aromatic rings. The molecule has 15 heavy (non-hydrogen) atoms. The van der Waals surface area contributed by atoms with Crippen molar-refractivity contribution in [3.63, 3.8) is 0 Å². The Labute approximate surface area is 94.2 Å². The molecule has 0 unspecified atom stereocenters. The molecule has 0 fully saturated rings. The number of esters is 1. The first-order valence-electron chi connectivity index (χ1n) is 4.94. The van der Waals surface area contributed by atoms with Crippen LogP contribution in [0.15, 0.2) is 6.20 Å². The molecule has 5 heteroatoms. The molecule has 84 valence electrons. The van der Waals surface area contributed by atoms with Crippen LogP contribution in [0.4, 0.5) is 0 Å². The second kappa shape index (κ2) is 5.16. The van der Waals surface area contributed by atoms with Gasteiger partial charge in [0.2, 0.25) is 0 Å². The normalized spacial score (nSPS) is 10.7. The van der Waals surface area contributed by atoms with Crippen molar-refractivity contribution in [3.05, 3.63) is 16.9 Å². The zero-order valence-corrected chi connectivity index (χ0v) is 9.91. The fraction of sp³-hybridized carbons (Fsp3) is 0.600. The molecule has 1 aromatic heterocycles. The smallest absolute Gasteiger partial charge is 0.358 e. The highest BCUT2D eigenvalue weighted by atomic mass is 35.5. The first kappa shape index (κ1) is 12.0. The maximum absolute atomic E-state index is 11.6. The van der Waals surface area contributed by atoms with Crippen LogP contribution in [0.3, 0.4) is 0 Å². The molecule has 0 aliphatic carbocycles. The van der Waals surface area contributed by atoms with Crippen LogP contribution < -0.4 is 0 Å². The molecule has 0 saturated carbocycles. The lowest BCUT2D eigenvalue weighted by Gasteiger charge is -2.09. The molecule has 0 spiro atoms. The highest BCUT2D eigenvalue weighted by molar-refractivity contribution is 6.33. The summed E-state index contributed by atoms with van der Waals surface area (Å²) in [5, 5.41) is 4.38. The van der Waals surface area contributed by atoms with E-state index in [4.69, 9.17) is 16.3 Å².